The van der Waals surface area contributed by atoms with E-state index >= 15 is 0 Å². The van der Waals surface area contributed by atoms with Crippen LogP contribution in [0.2, 0.25) is 0 Å². The number of aryl methyl sites for hydroxylation is 1. The first-order valence-corrected chi connectivity index (χ1v) is 11.8. The molecule has 1 aliphatic heterocycles. The number of piperazine rings is 1. The Labute approximate surface area is 209 Å². The van der Waals surface area contributed by atoms with Crippen LogP contribution in [0, 0.1) is 6.92 Å². The van der Waals surface area contributed by atoms with Gasteiger partial charge in [0.2, 0.25) is 5.91 Å². The molecule has 36 heavy (non-hydrogen) atoms. The Bertz CT molecular complexity index is 1200. The number of hydrogen-bond acceptors (Lipinski definition) is 8. The van der Waals surface area contributed by atoms with Crippen LogP contribution < -0.4 is 4.74 Å². The fourth-order valence-corrected chi connectivity index (χ4v) is 4.17. The molecule has 0 bridgehead atoms. The Kier molecular flexibility index (Phi) is 8.21. The number of pyridine rings is 1. The highest BCUT2D eigenvalue weighted by atomic mass is 19.1. The summed E-state index contributed by atoms with van der Waals surface area (Å²) in [6.07, 6.45) is 4.94. The van der Waals surface area contributed by atoms with Crippen LogP contribution in [0.4, 0.5) is 4.39 Å². The number of alkyl halides is 1. The Morgan fingerprint density at radius 2 is 2.11 bits per heavy atom. The molecule has 4 rings (SSSR count). The molecule has 1 aliphatic rings. The summed E-state index contributed by atoms with van der Waals surface area (Å²) in [4.78, 5) is 23.0. The highest BCUT2D eigenvalue weighted by Crippen LogP contribution is 2.20. The van der Waals surface area contributed by atoms with Crippen molar-refractivity contribution in [2.45, 2.75) is 33.0 Å². The number of aromatic nitrogens is 5. The van der Waals surface area contributed by atoms with Crippen LogP contribution in [0.25, 0.3) is 6.08 Å². The molecule has 1 aromatic carbocycles. The molecule has 3 aromatic rings. The van der Waals surface area contributed by atoms with E-state index < -0.39 is 6.67 Å². The third-order valence-corrected chi connectivity index (χ3v) is 5.92. The normalized spacial score (nSPS) is 16.5. The molecule has 11 heteroatoms. The number of nitrogens with zero attached hydrogens (tertiary/aromatic N) is 7. The SMILES string of the molecule is Cc1nnn(Cc2cc(O)ccc2C=CC(=O)N2CCN(Cc3ccc(OCCF)cn3)CC2C)n1. The summed E-state index contributed by atoms with van der Waals surface area (Å²) in [5.74, 6) is 1.18. The molecule has 190 valence electrons. The summed E-state index contributed by atoms with van der Waals surface area (Å²) in [5.41, 5.74) is 2.47. The fraction of sp³-hybridized carbons (Fsp3) is 0.400. The Morgan fingerprint density at radius 1 is 1.25 bits per heavy atom. The standard InChI is InChI=1S/C25H30FN7O3/c1-18-15-31(17-22-5-7-24(14-27-22)36-12-9-26)10-11-32(18)25(35)8-4-20-3-6-23(34)13-21(20)16-33-29-19(2)28-30-33/h3-8,13-14,18,34H,9-12,15-17H2,1-2H3. The van der Waals surface area contributed by atoms with Gasteiger partial charge in [-0.05, 0) is 60.5 Å². The van der Waals surface area contributed by atoms with Gasteiger partial charge in [-0.3, -0.25) is 14.7 Å². The summed E-state index contributed by atoms with van der Waals surface area (Å²) in [7, 11) is 0. The van der Waals surface area contributed by atoms with Crippen molar-refractivity contribution in [3.05, 3.63) is 65.2 Å². The molecule has 1 fully saturated rings. The zero-order valence-electron chi connectivity index (χ0n) is 20.4. The number of hydrogen-bond donors (Lipinski definition) is 1. The molecule has 0 radical (unpaired) electrons. The van der Waals surface area contributed by atoms with E-state index in [2.05, 4.69) is 25.3 Å². The van der Waals surface area contributed by atoms with E-state index in [9.17, 15) is 14.3 Å². The summed E-state index contributed by atoms with van der Waals surface area (Å²) < 4.78 is 17.5. The Hall–Kier alpha value is -3.86. The van der Waals surface area contributed by atoms with Gasteiger partial charge in [0.05, 0.1) is 18.4 Å². The van der Waals surface area contributed by atoms with E-state index in [0.29, 0.717) is 31.2 Å². The zero-order valence-corrected chi connectivity index (χ0v) is 20.4. The maximum absolute atomic E-state index is 13.0. The number of aromatic hydroxyl groups is 1. The molecule has 0 saturated carbocycles. The van der Waals surface area contributed by atoms with E-state index in [1.807, 2.05) is 17.9 Å². The summed E-state index contributed by atoms with van der Waals surface area (Å²) >= 11 is 0. The third kappa shape index (κ3) is 6.63. The summed E-state index contributed by atoms with van der Waals surface area (Å²) in [6.45, 7) is 6.33. The lowest BCUT2D eigenvalue weighted by Crippen LogP contribution is -2.53. The van der Waals surface area contributed by atoms with E-state index in [0.717, 1.165) is 29.9 Å². The van der Waals surface area contributed by atoms with Gasteiger partial charge < -0.3 is 14.7 Å². The molecule has 1 amide bonds. The molecule has 2 aromatic heterocycles. The van der Waals surface area contributed by atoms with Crippen LogP contribution in [0.3, 0.4) is 0 Å². The van der Waals surface area contributed by atoms with E-state index in [1.165, 1.54) is 4.80 Å². The van der Waals surface area contributed by atoms with Crippen LogP contribution >= 0.6 is 0 Å². The number of benzene rings is 1. The maximum Gasteiger partial charge on any atom is 0.246 e. The van der Waals surface area contributed by atoms with E-state index in [1.54, 1.807) is 49.5 Å². The average molecular weight is 496 g/mol. The topological polar surface area (TPSA) is 109 Å². The third-order valence-electron chi connectivity index (χ3n) is 5.92. The van der Waals surface area contributed by atoms with Crippen molar-refractivity contribution in [1.29, 1.82) is 0 Å². The largest absolute Gasteiger partial charge is 0.508 e. The minimum absolute atomic E-state index is 0.0236. The zero-order chi connectivity index (χ0) is 25.5. The second kappa shape index (κ2) is 11.7. The first-order chi connectivity index (χ1) is 17.4. The predicted octanol–water partition coefficient (Wildman–Crippen LogP) is 2.22. The number of phenols is 1. The van der Waals surface area contributed by atoms with Crippen molar-refractivity contribution in [1.82, 2.24) is 35.0 Å². The molecule has 0 spiro atoms. The van der Waals surface area contributed by atoms with Gasteiger partial charge in [0.1, 0.15) is 24.8 Å². The van der Waals surface area contributed by atoms with Gasteiger partial charge in [0, 0.05) is 38.3 Å². The monoisotopic (exact) mass is 495 g/mol. The van der Waals surface area contributed by atoms with Crippen molar-refractivity contribution in [3.63, 3.8) is 0 Å². The molecule has 10 nitrogen and oxygen atoms in total. The lowest BCUT2D eigenvalue weighted by Gasteiger charge is -2.39. The maximum atomic E-state index is 13.0. The van der Waals surface area contributed by atoms with Crippen LogP contribution in [-0.4, -0.2) is 85.0 Å². The van der Waals surface area contributed by atoms with Crippen molar-refractivity contribution in [2.75, 3.05) is 32.9 Å². The number of tetrazole rings is 1. The molecule has 1 saturated heterocycles. The number of phenolic OH excluding ortho intramolecular Hbond substituents is 1. The number of halogens is 1. The molecule has 1 N–H and O–H groups in total. The molecule has 1 unspecified atom stereocenters. The molecule has 0 aliphatic carbocycles. The van der Waals surface area contributed by atoms with E-state index in [-0.39, 0.29) is 24.3 Å². The van der Waals surface area contributed by atoms with Crippen LogP contribution in [0.1, 0.15) is 29.6 Å². The lowest BCUT2D eigenvalue weighted by atomic mass is 10.1. The molecule has 3 heterocycles. The smallest absolute Gasteiger partial charge is 0.246 e. The van der Waals surface area contributed by atoms with Crippen molar-refractivity contribution in [2.24, 2.45) is 0 Å². The molecular formula is C25H30FN7O3. The summed E-state index contributed by atoms with van der Waals surface area (Å²) in [5, 5.41) is 22.0. The number of ether oxygens (including phenoxy) is 1. The van der Waals surface area contributed by atoms with Crippen LogP contribution in [0.5, 0.6) is 11.5 Å². The van der Waals surface area contributed by atoms with Gasteiger partial charge in [0.25, 0.3) is 0 Å². The van der Waals surface area contributed by atoms with Crippen molar-refractivity contribution >= 4 is 12.0 Å². The Morgan fingerprint density at radius 3 is 2.81 bits per heavy atom. The molecule has 1 atom stereocenters. The second-order valence-electron chi connectivity index (χ2n) is 8.72. The number of carbonyl (C=O) groups is 1. The van der Waals surface area contributed by atoms with Crippen molar-refractivity contribution in [3.8, 4) is 11.5 Å². The van der Waals surface area contributed by atoms with Crippen molar-refractivity contribution < 1.29 is 19.0 Å². The number of amides is 1. The van der Waals surface area contributed by atoms with Gasteiger partial charge in [0.15, 0.2) is 5.82 Å². The minimum atomic E-state index is -0.534. The first kappa shape index (κ1) is 25.2. The van der Waals surface area contributed by atoms with Gasteiger partial charge in [-0.1, -0.05) is 6.07 Å². The van der Waals surface area contributed by atoms with Crippen LogP contribution in [0.15, 0.2) is 42.6 Å². The number of rotatable bonds is 9. The highest BCUT2D eigenvalue weighted by Gasteiger charge is 2.26. The van der Waals surface area contributed by atoms with Gasteiger partial charge in [-0.25, -0.2) is 4.39 Å². The minimum Gasteiger partial charge on any atom is -0.508 e. The Balaban J connectivity index is 1.34. The summed E-state index contributed by atoms with van der Waals surface area (Å²) in [6, 6.07) is 8.69. The van der Waals surface area contributed by atoms with E-state index in [4.69, 9.17) is 4.74 Å². The first-order valence-electron chi connectivity index (χ1n) is 11.8. The molecular weight excluding hydrogens is 465 g/mol. The van der Waals surface area contributed by atoms with Gasteiger partial charge >= 0.3 is 0 Å². The predicted molar refractivity (Wildman–Crippen MR) is 131 cm³/mol. The fourth-order valence-electron chi connectivity index (χ4n) is 4.17. The highest BCUT2D eigenvalue weighted by molar-refractivity contribution is 5.92. The quantitative estimate of drug-likeness (QED) is 0.450. The number of carbonyl (C=O) groups excluding carboxylic acids is 1. The van der Waals surface area contributed by atoms with Crippen LogP contribution in [-0.2, 0) is 17.9 Å². The lowest BCUT2D eigenvalue weighted by molar-refractivity contribution is -0.130. The average Bonchev–Trinajstić information content (AvgIpc) is 3.27. The van der Waals surface area contributed by atoms with Gasteiger partial charge in [-0.15, -0.1) is 10.2 Å². The second-order valence-corrected chi connectivity index (χ2v) is 8.72. The van der Waals surface area contributed by atoms with Gasteiger partial charge in [-0.2, -0.15) is 4.80 Å².